The topological polar surface area (TPSA) is 47.4 Å². The molecule has 0 fully saturated rings. The van der Waals surface area contributed by atoms with Crippen LogP contribution in [0.5, 0.6) is 5.88 Å². The summed E-state index contributed by atoms with van der Waals surface area (Å²) in [6.45, 7) is 5.96. The summed E-state index contributed by atoms with van der Waals surface area (Å²) in [6, 6.07) is 0.214. The summed E-state index contributed by atoms with van der Waals surface area (Å²) >= 11 is 0. The van der Waals surface area contributed by atoms with Gasteiger partial charge in [0.25, 0.3) is 0 Å². The molecule has 0 atom stereocenters. The number of allylic oxidation sites excluding steroid dienone is 2. The summed E-state index contributed by atoms with van der Waals surface area (Å²) in [5.74, 6) is 1.29. The Hall–Kier alpha value is -1.71. The molecule has 1 aromatic rings. The number of aliphatic imine (C=N–C) groups is 1. The summed E-state index contributed by atoms with van der Waals surface area (Å²) in [5, 5.41) is 0. The van der Waals surface area contributed by atoms with Crippen LogP contribution in [0.15, 0.2) is 29.2 Å². The van der Waals surface area contributed by atoms with E-state index < -0.39 is 0 Å². The number of fused-ring (bicyclic) bond motifs is 1. The van der Waals surface area contributed by atoms with E-state index >= 15 is 0 Å². The smallest absolute Gasteiger partial charge is 0.247 e. The van der Waals surface area contributed by atoms with E-state index in [0.29, 0.717) is 5.88 Å². The molecule has 0 aromatic carbocycles. The van der Waals surface area contributed by atoms with Crippen molar-refractivity contribution in [1.82, 2.24) is 9.97 Å². The molecule has 0 N–H and O–H groups in total. The maximum absolute atomic E-state index is 5.53. The fraction of sp³-hybridized carbons (Fsp3) is 0.364. The summed E-state index contributed by atoms with van der Waals surface area (Å²) in [6.07, 6.45) is 5.14. The number of ether oxygens (including phenoxy) is 1. The minimum absolute atomic E-state index is 0.214. The molecular weight excluding hydrogens is 190 g/mol. The Bertz CT molecular complexity index is 435. The molecule has 0 spiro atoms. The van der Waals surface area contributed by atoms with Gasteiger partial charge in [-0.3, -0.25) is 4.99 Å². The van der Waals surface area contributed by atoms with Crippen LogP contribution in [0, 0.1) is 0 Å². The van der Waals surface area contributed by atoms with E-state index in [1.807, 2.05) is 26.8 Å². The third-order valence-electron chi connectivity index (χ3n) is 1.98. The molecule has 4 heteroatoms. The second-order valence-electron chi connectivity index (χ2n) is 3.54. The average Bonchev–Trinajstić information content (AvgIpc) is 2.56. The van der Waals surface area contributed by atoms with Crippen LogP contribution < -0.4 is 4.74 Å². The Labute approximate surface area is 88.7 Å². The van der Waals surface area contributed by atoms with E-state index in [0.717, 1.165) is 17.2 Å². The van der Waals surface area contributed by atoms with Crippen molar-refractivity contribution in [2.24, 2.45) is 4.99 Å². The molecule has 0 aliphatic carbocycles. The maximum atomic E-state index is 5.53. The van der Waals surface area contributed by atoms with Gasteiger partial charge < -0.3 is 4.74 Å². The molecule has 2 rings (SSSR count). The number of hydrogen-bond acceptors (Lipinski definition) is 4. The lowest BCUT2D eigenvalue weighted by atomic mass is 10.2. The first-order valence-corrected chi connectivity index (χ1v) is 4.96. The largest absolute Gasteiger partial charge is 0.435 e. The monoisotopic (exact) mass is 203 g/mol. The SMILES string of the molecule is C/C=C1/Oc2nccnc2C1=NC(C)C. The molecule has 0 saturated carbocycles. The summed E-state index contributed by atoms with van der Waals surface area (Å²) < 4.78 is 5.53. The third kappa shape index (κ3) is 1.75. The maximum Gasteiger partial charge on any atom is 0.247 e. The number of nitrogens with zero attached hydrogens (tertiary/aromatic N) is 3. The highest BCUT2D eigenvalue weighted by molar-refractivity contribution is 6.14. The zero-order chi connectivity index (χ0) is 10.8. The number of aromatic nitrogens is 2. The summed E-state index contributed by atoms with van der Waals surface area (Å²) in [4.78, 5) is 12.8. The van der Waals surface area contributed by atoms with E-state index in [-0.39, 0.29) is 6.04 Å². The van der Waals surface area contributed by atoms with Gasteiger partial charge in [-0.2, -0.15) is 0 Å². The fourth-order valence-corrected chi connectivity index (χ4v) is 1.41. The highest BCUT2D eigenvalue weighted by Crippen LogP contribution is 2.27. The van der Waals surface area contributed by atoms with Gasteiger partial charge in [-0.15, -0.1) is 0 Å². The lowest BCUT2D eigenvalue weighted by Gasteiger charge is -2.00. The molecule has 4 nitrogen and oxygen atoms in total. The van der Waals surface area contributed by atoms with E-state index in [1.165, 1.54) is 0 Å². The van der Waals surface area contributed by atoms with Gasteiger partial charge in [-0.05, 0) is 26.8 Å². The van der Waals surface area contributed by atoms with Gasteiger partial charge in [0.15, 0.2) is 11.5 Å². The number of hydrogen-bond donors (Lipinski definition) is 0. The molecule has 15 heavy (non-hydrogen) atoms. The van der Waals surface area contributed by atoms with Crippen LogP contribution in [0.25, 0.3) is 0 Å². The first-order valence-electron chi connectivity index (χ1n) is 4.96. The van der Waals surface area contributed by atoms with Gasteiger partial charge in [-0.1, -0.05) is 0 Å². The van der Waals surface area contributed by atoms with Gasteiger partial charge in [0, 0.05) is 18.4 Å². The molecular formula is C11H13N3O. The molecule has 78 valence electrons. The van der Waals surface area contributed by atoms with Crippen LogP contribution in [0.2, 0.25) is 0 Å². The zero-order valence-corrected chi connectivity index (χ0v) is 9.06. The van der Waals surface area contributed by atoms with Crippen LogP contribution >= 0.6 is 0 Å². The predicted octanol–water partition coefficient (Wildman–Crippen LogP) is 1.97. The van der Waals surface area contributed by atoms with Crippen molar-refractivity contribution in [3.63, 3.8) is 0 Å². The Morgan fingerprint density at radius 3 is 2.73 bits per heavy atom. The van der Waals surface area contributed by atoms with Crippen molar-refractivity contribution in [2.75, 3.05) is 0 Å². The second kappa shape index (κ2) is 3.81. The third-order valence-corrected chi connectivity index (χ3v) is 1.98. The van der Waals surface area contributed by atoms with Crippen LogP contribution in [0.3, 0.4) is 0 Å². The van der Waals surface area contributed by atoms with Crippen LogP contribution in [-0.2, 0) is 0 Å². The van der Waals surface area contributed by atoms with Crippen LogP contribution in [0.4, 0.5) is 0 Å². The number of rotatable bonds is 1. The van der Waals surface area contributed by atoms with E-state index in [9.17, 15) is 0 Å². The Balaban J connectivity index is 2.52. The van der Waals surface area contributed by atoms with E-state index in [2.05, 4.69) is 15.0 Å². The van der Waals surface area contributed by atoms with Crippen molar-refractivity contribution in [3.8, 4) is 5.88 Å². The molecule has 0 radical (unpaired) electrons. The van der Waals surface area contributed by atoms with E-state index in [4.69, 9.17) is 4.74 Å². The van der Waals surface area contributed by atoms with Crippen molar-refractivity contribution in [3.05, 3.63) is 29.9 Å². The highest BCUT2D eigenvalue weighted by Gasteiger charge is 2.27. The van der Waals surface area contributed by atoms with Gasteiger partial charge in [-0.25, -0.2) is 9.97 Å². The Morgan fingerprint density at radius 2 is 2.07 bits per heavy atom. The Kier molecular flexibility index (Phi) is 2.49. The highest BCUT2D eigenvalue weighted by atomic mass is 16.5. The van der Waals surface area contributed by atoms with Gasteiger partial charge in [0.1, 0.15) is 5.71 Å². The molecule has 2 heterocycles. The normalized spacial score (nSPS) is 19.7. The molecule has 1 aliphatic heterocycles. The first kappa shape index (κ1) is 9.83. The van der Waals surface area contributed by atoms with Crippen LogP contribution in [0.1, 0.15) is 26.5 Å². The van der Waals surface area contributed by atoms with Gasteiger partial charge in [0.05, 0.1) is 0 Å². The Morgan fingerprint density at radius 1 is 1.33 bits per heavy atom. The van der Waals surface area contributed by atoms with Crippen LogP contribution in [-0.4, -0.2) is 21.7 Å². The van der Waals surface area contributed by atoms with Crippen molar-refractivity contribution in [2.45, 2.75) is 26.8 Å². The minimum atomic E-state index is 0.214. The minimum Gasteiger partial charge on any atom is -0.435 e. The summed E-state index contributed by atoms with van der Waals surface area (Å²) in [5.41, 5.74) is 1.54. The van der Waals surface area contributed by atoms with Gasteiger partial charge in [0.2, 0.25) is 5.88 Å². The second-order valence-corrected chi connectivity index (χ2v) is 3.54. The molecule has 0 saturated heterocycles. The molecule has 0 amide bonds. The summed E-state index contributed by atoms with van der Waals surface area (Å²) in [7, 11) is 0. The van der Waals surface area contributed by atoms with Gasteiger partial charge >= 0.3 is 0 Å². The molecule has 0 unspecified atom stereocenters. The lowest BCUT2D eigenvalue weighted by molar-refractivity contribution is 0.448. The first-order chi connectivity index (χ1) is 7.22. The average molecular weight is 203 g/mol. The molecule has 1 aromatic heterocycles. The fourth-order valence-electron chi connectivity index (χ4n) is 1.41. The van der Waals surface area contributed by atoms with Crippen molar-refractivity contribution < 1.29 is 4.74 Å². The standard InChI is InChI=1S/C11H13N3O/c1-4-8-9(14-7(2)3)10-11(15-8)13-6-5-12-10/h4-7H,1-3H3/b8-4+,14-9?. The predicted molar refractivity (Wildman–Crippen MR) is 58.1 cm³/mol. The quantitative estimate of drug-likeness (QED) is 0.701. The molecule has 1 aliphatic rings. The van der Waals surface area contributed by atoms with Crippen molar-refractivity contribution >= 4 is 5.71 Å². The lowest BCUT2D eigenvalue weighted by Crippen LogP contribution is -2.05. The zero-order valence-electron chi connectivity index (χ0n) is 9.06. The van der Waals surface area contributed by atoms with E-state index in [1.54, 1.807) is 12.4 Å². The van der Waals surface area contributed by atoms with Crippen molar-refractivity contribution in [1.29, 1.82) is 0 Å². The molecule has 0 bridgehead atoms.